The van der Waals surface area contributed by atoms with Gasteiger partial charge in [-0.25, -0.2) is 0 Å². The third-order valence-electron chi connectivity index (χ3n) is 1.72. The molecule has 1 atom stereocenters. The molecule has 0 radical (unpaired) electrons. The van der Waals surface area contributed by atoms with Gasteiger partial charge < -0.3 is 9.47 Å². The van der Waals surface area contributed by atoms with Gasteiger partial charge in [0.15, 0.2) is 0 Å². The lowest BCUT2D eigenvalue weighted by atomic mass is 10.2. The normalized spacial score (nSPS) is 21.8. The Morgan fingerprint density at radius 3 is 3.08 bits per heavy atom. The molecule has 0 aromatic carbocycles. The van der Waals surface area contributed by atoms with Gasteiger partial charge >= 0.3 is 0 Å². The van der Waals surface area contributed by atoms with E-state index < -0.39 is 0 Å². The fraction of sp³-hybridized carbons (Fsp3) is 0.600. The smallest absolute Gasteiger partial charge is 0.219 e. The second kappa shape index (κ2) is 4.99. The first-order valence-corrected chi connectivity index (χ1v) is 4.45. The number of hydrogen-bond donors (Lipinski definition) is 0. The van der Waals surface area contributed by atoms with E-state index in [-0.39, 0.29) is 6.29 Å². The van der Waals surface area contributed by atoms with Crippen LogP contribution in [0.2, 0.25) is 0 Å². The zero-order valence-corrected chi connectivity index (χ0v) is 7.75. The molecule has 1 aliphatic heterocycles. The average molecular weight is 168 g/mol. The lowest BCUT2D eigenvalue weighted by Crippen LogP contribution is -2.14. The molecule has 0 aromatic heterocycles. The third kappa shape index (κ3) is 3.09. The van der Waals surface area contributed by atoms with E-state index in [2.05, 4.69) is 6.92 Å². The van der Waals surface area contributed by atoms with Crippen molar-refractivity contribution in [2.45, 2.75) is 33.0 Å². The Bertz CT molecular complexity index is 182. The lowest BCUT2D eigenvalue weighted by molar-refractivity contribution is -0.0753. The van der Waals surface area contributed by atoms with Crippen LogP contribution in [0.4, 0.5) is 0 Å². The van der Waals surface area contributed by atoms with Gasteiger partial charge in [0.1, 0.15) is 0 Å². The second-order valence-corrected chi connectivity index (χ2v) is 2.94. The van der Waals surface area contributed by atoms with Gasteiger partial charge in [-0.05, 0) is 31.1 Å². The van der Waals surface area contributed by atoms with Crippen molar-refractivity contribution in [3.05, 3.63) is 24.0 Å². The van der Waals surface area contributed by atoms with E-state index in [9.17, 15) is 0 Å². The summed E-state index contributed by atoms with van der Waals surface area (Å²) in [4.78, 5) is 0. The van der Waals surface area contributed by atoms with Gasteiger partial charge in [0, 0.05) is 0 Å². The molecule has 2 nitrogen and oxygen atoms in total. The molecular formula is C10H16O2. The molecule has 1 aliphatic rings. The van der Waals surface area contributed by atoms with Crippen LogP contribution >= 0.6 is 0 Å². The van der Waals surface area contributed by atoms with Crippen LogP contribution in [0.25, 0.3) is 0 Å². The Kier molecular flexibility index (Phi) is 3.88. The van der Waals surface area contributed by atoms with Crippen LogP contribution in [0.5, 0.6) is 0 Å². The monoisotopic (exact) mass is 168 g/mol. The minimum absolute atomic E-state index is 0.165. The van der Waals surface area contributed by atoms with E-state index >= 15 is 0 Å². The molecule has 0 saturated carbocycles. The molecule has 2 heteroatoms. The second-order valence-electron chi connectivity index (χ2n) is 2.94. The van der Waals surface area contributed by atoms with E-state index in [1.54, 1.807) is 6.26 Å². The zero-order valence-electron chi connectivity index (χ0n) is 7.75. The minimum Gasteiger partial charge on any atom is -0.469 e. The van der Waals surface area contributed by atoms with Crippen molar-refractivity contribution >= 4 is 0 Å². The van der Waals surface area contributed by atoms with Crippen molar-refractivity contribution in [3.63, 3.8) is 0 Å². The van der Waals surface area contributed by atoms with Gasteiger partial charge in [0.25, 0.3) is 0 Å². The summed E-state index contributed by atoms with van der Waals surface area (Å²) in [7, 11) is 0. The molecule has 0 saturated heterocycles. The molecule has 68 valence electrons. The molecule has 1 rings (SSSR count). The molecule has 0 N–H and O–H groups in total. The average Bonchev–Trinajstić information content (AvgIpc) is 2.05. The van der Waals surface area contributed by atoms with Crippen LogP contribution in [0, 0.1) is 0 Å². The molecule has 0 amide bonds. The van der Waals surface area contributed by atoms with Crippen molar-refractivity contribution in [2.75, 3.05) is 6.61 Å². The van der Waals surface area contributed by atoms with Gasteiger partial charge in [-0.3, -0.25) is 0 Å². The highest BCUT2D eigenvalue weighted by atomic mass is 16.7. The molecule has 1 unspecified atom stereocenters. The molecule has 0 aromatic rings. The quantitative estimate of drug-likeness (QED) is 0.601. The summed E-state index contributed by atoms with van der Waals surface area (Å²) in [6.45, 7) is 4.96. The summed E-state index contributed by atoms with van der Waals surface area (Å²) in [5.41, 5.74) is 1.20. The number of hydrogen-bond acceptors (Lipinski definition) is 2. The maximum atomic E-state index is 5.44. The highest BCUT2D eigenvalue weighted by Crippen LogP contribution is 2.10. The predicted molar refractivity (Wildman–Crippen MR) is 48.6 cm³/mol. The summed E-state index contributed by atoms with van der Waals surface area (Å²) >= 11 is 0. The fourth-order valence-corrected chi connectivity index (χ4v) is 0.965. The van der Waals surface area contributed by atoms with Gasteiger partial charge in [0.2, 0.25) is 6.29 Å². The van der Waals surface area contributed by atoms with Crippen LogP contribution in [-0.4, -0.2) is 12.9 Å². The van der Waals surface area contributed by atoms with Crippen LogP contribution < -0.4 is 0 Å². The van der Waals surface area contributed by atoms with Gasteiger partial charge in [-0.1, -0.05) is 13.3 Å². The predicted octanol–water partition coefficient (Wildman–Crippen LogP) is 2.62. The van der Waals surface area contributed by atoms with Crippen molar-refractivity contribution in [1.82, 2.24) is 0 Å². The lowest BCUT2D eigenvalue weighted by Gasteiger charge is -2.17. The highest BCUT2D eigenvalue weighted by molar-refractivity contribution is 5.17. The summed E-state index contributed by atoms with van der Waals surface area (Å²) in [6, 6.07) is 0. The number of rotatable bonds is 4. The highest BCUT2D eigenvalue weighted by Gasteiger charge is 2.07. The SMILES string of the molecule is CCCCOC1C=C(C)C=CO1. The van der Waals surface area contributed by atoms with Crippen molar-refractivity contribution in [1.29, 1.82) is 0 Å². The van der Waals surface area contributed by atoms with Crippen LogP contribution in [0.3, 0.4) is 0 Å². The van der Waals surface area contributed by atoms with Gasteiger partial charge in [-0.2, -0.15) is 0 Å². The van der Waals surface area contributed by atoms with Crippen molar-refractivity contribution < 1.29 is 9.47 Å². The molecule has 0 bridgehead atoms. The van der Waals surface area contributed by atoms with E-state index in [1.807, 2.05) is 19.1 Å². The molecule has 1 heterocycles. The first kappa shape index (κ1) is 9.33. The first-order valence-electron chi connectivity index (χ1n) is 4.45. The Labute approximate surface area is 73.9 Å². The number of ether oxygens (including phenoxy) is 2. The van der Waals surface area contributed by atoms with E-state index in [1.165, 1.54) is 5.57 Å². The van der Waals surface area contributed by atoms with Gasteiger partial charge in [-0.15, -0.1) is 0 Å². The Balaban J connectivity index is 2.21. The maximum absolute atomic E-state index is 5.44. The van der Waals surface area contributed by atoms with E-state index in [0.717, 1.165) is 19.4 Å². The van der Waals surface area contributed by atoms with Crippen LogP contribution in [-0.2, 0) is 9.47 Å². The summed E-state index contributed by atoms with van der Waals surface area (Å²) < 4.78 is 10.7. The Hall–Kier alpha value is -0.760. The maximum Gasteiger partial charge on any atom is 0.219 e. The topological polar surface area (TPSA) is 18.5 Å². The zero-order chi connectivity index (χ0) is 8.81. The molecule has 12 heavy (non-hydrogen) atoms. The number of unbranched alkanes of at least 4 members (excludes halogenated alkanes) is 1. The van der Waals surface area contributed by atoms with E-state index in [0.29, 0.717) is 0 Å². The third-order valence-corrected chi connectivity index (χ3v) is 1.72. The van der Waals surface area contributed by atoms with Gasteiger partial charge in [0.05, 0.1) is 12.9 Å². The summed E-state index contributed by atoms with van der Waals surface area (Å²) in [6.07, 6.45) is 7.68. The van der Waals surface area contributed by atoms with Crippen molar-refractivity contribution in [2.24, 2.45) is 0 Å². The van der Waals surface area contributed by atoms with Crippen molar-refractivity contribution in [3.8, 4) is 0 Å². The number of allylic oxidation sites excluding steroid dienone is 2. The molecule has 0 aliphatic carbocycles. The summed E-state index contributed by atoms with van der Waals surface area (Å²) in [5, 5.41) is 0. The molecular weight excluding hydrogens is 152 g/mol. The van der Waals surface area contributed by atoms with Crippen LogP contribution in [0.1, 0.15) is 26.7 Å². The Morgan fingerprint density at radius 1 is 1.58 bits per heavy atom. The van der Waals surface area contributed by atoms with Crippen LogP contribution in [0.15, 0.2) is 24.0 Å². The largest absolute Gasteiger partial charge is 0.469 e. The molecule has 0 fully saturated rings. The minimum atomic E-state index is -0.165. The Morgan fingerprint density at radius 2 is 2.42 bits per heavy atom. The standard InChI is InChI=1S/C10H16O2/c1-3-4-6-11-10-8-9(2)5-7-12-10/h5,7-8,10H,3-4,6H2,1-2H3. The first-order chi connectivity index (χ1) is 5.83. The fourth-order valence-electron chi connectivity index (χ4n) is 0.965. The molecule has 0 spiro atoms. The summed E-state index contributed by atoms with van der Waals surface area (Å²) in [5.74, 6) is 0. The van der Waals surface area contributed by atoms with E-state index in [4.69, 9.17) is 9.47 Å².